The number of carbonyl (C=O) groups is 2. The van der Waals surface area contributed by atoms with Gasteiger partial charge in [-0.25, -0.2) is 18.4 Å². The molecule has 1 aliphatic carbocycles. The molecule has 208 valence electrons. The van der Waals surface area contributed by atoms with Crippen LogP contribution >= 0.6 is 0 Å². The highest BCUT2D eigenvalue weighted by Crippen LogP contribution is 2.40. The Morgan fingerprint density at radius 3 is 2.51 bits per heavy atom. The first-order valence-electron chi connectivity index (χ1n) is 13.2. The first-order valence-corrected chi connectivity index (χ1v) is 13.2. The third kappa shape index (κ3) is 9.10. The Morgan fingerprint density at radius 2 is 1.84 bits per heavy atom. The first kappa shape index (κ1) is 29.1. The van der Waals surface area contributed by atoms with E-state index in [1.807, 2.05) is 20.8 Å². The van der Waals surface area contributed by atoms with Gasteiger partial charge in [0.1, 0.15) is 11.4 Å². The molecule has 1 saturated carbocycles. The number of alkyl carbamates (subject to hydrolysis) is 1. The average Bonchev–Trinajstić information content (AvgIpc) is 2.82. The number of carbonyl (C=O) groups excluding carboxylic acids is 2. The van der Waals surface area contributed by atoms with Crippen LogP contribution in [0.25, 0.3) is 0 Å². The molecule has 1 heterocycles. The number of benzene rings is 1. The Morgan fingerprint density at radius 1 is 1.11 bits per heavy atom. The number of piperidine rings is 1. The molecule has 1 aliphatic heterocycles. The Labute approximate surface area is 217 Å². The molecule has 1 saturated heterocycles. The number of nitrogens with one attached hydrogen (secondary N) is 2. The van der Waals surface area contributed by atoms with Crippen LogP contribution in [0.4, 0.5) is 13.6 Å². The van der Waals surface area contributed by atoms with Crippen molar-refractivity contribution in [3.8, 4) is 5.75 Å². The maximum absolute atomic E-state index is 14.5. The molecule has 0 unspecified atom stereocenters. The van der Waals surface area contributed by atoms with Gasteiger partial charge in [0, 0.05) is 17.7 Å². The molecule has 1 amide bonds. The minimum absolute atomic E-state index is 0.00413. The summed E-state index contributed by atoms with van der Waals surface area (Å²) in [5.74, 6) is -2.33. The van der Waals surface area contributed by atoms with Gasteiger partial charge in [-0.05, 0) is 84.7 Å². The molecule has 0 aromatic heterocycles. The second-order valence-corrected chi connectivity index (χ2v) is 10.7. The number of esters is 1. The first-order chi connectivity index (χ1) is 17.6. The summed E-state index contributed by atoms with van der Waals surface area (Å²) >= 11 is 0. The van der Waals surface area contributed by atoms with Crippen molar-refractivity contribution in [3.63, 3.8) is 0 Å². The molecule has 2 aliphatic rings. The number of ether oxygens (including phenoxy) is 4. The lowest BCUT2D eigenvalue weighted by atomic mass is 9.82. The fourth-order valence-corrected chi connectivity index (χ4v) is 4.91. The van der Waals surface area contributed by atoms with Crippen molar-refractivity contribution in [1.82, 2.24) is 10.6 Å². The van der Waals surface area contributed by atoms with E-state index in [-0.39, 0.29) is 36.5 Å². The minimum atomic E-state index is -0.829. The number of halogens is 2. The van der Waals surface area contributed by atoms with Crippen molar-refractivity contribution in [2.75, 3.05) is 26.4 Å². The fraction of sp³-hybridized carbons (Fsp3) is 0.704. The van der Waals surface area contributed by atoms with Gasteiger partial charge in [-0.15, -0.1) is 0 Å². The zero-order valence-electron chi connectivity index (χ0n) is 22.2. The Bertz CT molecular complexity index is 915. The predicted molar refractivity (Wildman–Crippen MR) is 134 cm³/mol. The molecular weight excluding hydrogens is 486 g/mol. The standard InChI is InChI=1S/C27H40F2N2O6/c1-5-34-24(32)16-36-25-20(13-18(28)14-21(25)29)17-8-10-19(11-9-17)35-15-23-22(7-6-12-30-23)31-26(33)37-27(2,3)4/h13-14,17,19,22-23,30H,5-12,15-16H2,1-4H3,(H,31,33)/t17?,19?,22-,23+/m0/s1. The Kier molecular flexibility index (Phi) is 10.5. The van der Waals surface area contributed by atoms with Crippen LogP contribution in [0.3, 0.4) is 0 Å². The molecule has 2 N–H and O–H groups in total. The second-order valence-electron chi connectivity index (χ2n) is 10.7. The smallest absolute Gasteiger partial charge is 0.407 e. The van der Waals surface area contributed by atoms with Crippen LogP contribution in [0.2, 0.25) is 0 Å². The van der Waals surface area contributed by atoms with Gasteiger partial charge in [0.15, 0.2) is 18.2 Å². The molecule has 0 bridgehead atoms. The van der Waals surface area contributed by atoms with E-state index >= 15 is 0 Å². The summed E-state index contributed by atoms with van der Waals surface area (Å²) in [5, 5.41) is 6.40. The molecule has 1 aromatic rings. The summed E-state index contributed by atoms with van der Waals surface area (Å²) in [6.45, 7) is 8.21. The van der Waals surface area contributed by atoms with Crippen molar-refractivity contribution in [2.24, 2.45) is 0 Å². The lowest BCUT2D eigenvalue weighted by Gasteiger charge is -2.36. The van der Waals surface area contributed by atoms with E-state index < -0.39 is 35.9 Å². The van der Waals surface area contributed by atoms with Gasteiger partial charge in [-0.1, -0.05) is 0 Å². The monoisotopic (exact) mass is 526 g/mol. The van der Waals surface area contributed by atoms with E-state index in [2.05, 4.69) is 10.6 Å². The summed E-state index contributed by atoms with van der Waals surface area (Å²) in [6, 6.07) is 1.93. The molecular formula is C27H40F2N2O6. The Balaban J connectivity index is 1.53. The SMILES string of the molecule is CCOC(=O)COc1c(F)cc(F)cc1C1CCC(OC[C@H]2NCCC[C@@H]2NC(=O)OC(C)(C)C)CC1. The van der Waals surface area contributed by atoms with Crippen LogP contribution in [0.5, 0.6) is 5.75 Å². The summed E-state index contributed by atoms with van der Waals surface area (Å²) in [5.41, 5.74) is -0.138. The lowest BCUT2D eigenvalue weighted by molar-refractivity contribution is -0.145. The largest absolute Gasteiger partial charge is 0.479 e. The van der Waals surface area contributed by atoms with Crippen molar-refractivity contribution >= 4 is 12.1 Å². The second kappa shape index (κ2) is 13.4. The van der Waals surface area contributed by atoms with Gasteiger partial charge in [0.2, 0.25) is 0 Å². The summed E-state index contributed by atoms with van der Waals surface area (Å²) < 4.78 is 50.4. The maximum atomic E-state index is 14.5. The zero-order chi connectivity index (χ0) is 27.0. The molecule has 2 fully saturated rings. The zero-order valence-corrected chi connectivity index (χ0v) is 22.2. The van der Waals surface area contributed by atoms with Crippen molar-refractivity contribution < 1.29 is 37.3 Å². The van der Waals surface area contributed by atoms with E-state index in [9.17, 15) is 18.4 Å². The number of rotatable bonds is 9. The average molecular weight is 527 g/mol. The normalized spacial score (nSPS) is 24.3. The third-order valence-electron chi connectivity index (χ3n) is 6.59. The van der Waals surface area contributed by atoms with Crippen LogP contribution < -0.4 is 15.4 Å². The van der Waals surface area contributed by atoms with E-state index in [0.717, 1.165) is 38.3 Å². The van der Waals surface area contributed by atoms with Gasteiger partial charge in [0.05, 0.1) is 25.4 Å². The summed E-state index contributed by atoms with van der Waals surface area (Å²) in [7, 11) is 0. The van der Waals surface area contributed by atoms with E-state index in [1.54, 1.807) is 6.92 Å². The molecule has 1 aromatic carbocycles. The minimum Gasteiger partial charge on any atom is -0.479 e. The highest BCUT2D eigenvalue weighted by Gasteiger charge is 2.31. The third-order valence-corrected chi connectivity index (χ3v) is 6.59. The summed E-state index contributed by atoms with van der Waals surface area (Å²) in [4.78, 5) is 23.9. The number of hydrogen-bond acceptors (Lipinski definition) is 7. The quantitative estimate of drug-likeness (QED) is 0.454. The van der Waals surface area contributed by atoms with Gasteiger partial charge in [-0.2, -0.15) is 0 Å². The van der Waals surface area contributed by atoms with Gasteiger partial charge >= 0.3 is 12.1 Å². The molecule has 0 spiro atoms. The van der Waals surface area contributed by atoms with Crippen molar-refractivity contribution in [2.45, 2.75) is 95.9 Å². The number of hydrogen-bond donors (Lipinski definition) is 2. The summed E-state index contributed by atoms with van der Waals surface area (Å²) in [6.07, 6.45) is 4.13. The fourth-order valence-electron chi connectivity index (χ4n) is 4.91. The van der Waals surface area contributed by atoms with Crippen LogP contribution in [-0.4, -0.2) is 62.2 Å². The lowest BCUT2D eigenvalue weighted by Crippen LogP contribution is -2.56. The van der Waals surface area contributed by atoms with Crippen LogP contribution in [0.1, 0.15) is 77.7 Å². The van der Waals surface area contributed by atoms with Crippen LogP contribution in [-0.2, 0) is 19.0 Å². The van der Waals surface area contributed by atoms with E-state index in [1.165, 1.54) is 6.07 Å². The van der Waals surface area contributed by atoms with Gasteiger partial charge in [-0.3, -0.25) is 0 Å². The highest BCUT2D eigenvalue weighted by molar-refractivity contribution is 5.71. The highest BCUT2D eigenvalue weighted by atomic mass is 19.1. The van der Waals surface area contributed by atoms with Crippen molar-refractivity contribution in [3.05, 3.63) is 29.3 Å². The number of amides is 1. The van der Waals surface area contributed by atoms with E-state index in [4.69, 9.17) is 18.9 Å². The molecule has 0 radical (unpaired) electrons. The molecule has 8 nitrogen and oxygen atoms in total. The predicted octanol–water partition coefficient (Wildman–Crippen LogP) is 4.59. The topological polar surface area (TPSA) is 95.1 Å². The molecule has 3 rings (SSSR count). The van der Waals surface area contributed by atoms with Gasteiger partial charge < -0.3 is 29.6 Å². The van der Waals surface area contributed by atoms with Gasteiger partial charge in [0.25, 0.3) is 0 Å². The van der Waals surface area contributed by atoms with Crippen LogP contribution in [0, 0.1) is 11.6 Å². The van der Waals surface area contributed by atoms with Crippen molar-refractivity contribution in [1.29, 1.82) is 0 Å². The molecule has 37 heavy (non-hydrogen) atoms. The molecule has 10 heteroatoms. The van der Waals surface area contributed by atoms with Crippen LogP contribution in [0.15, 0.2) is 12.1 Å². The maximum Gasteiger partial charge on any atom is 0.407 e. The van der Waals surface area contributed by atoms with E-state index in [0.29, 0.717) is 25.0 Å². The Hall–Kier alpha value is -2.46. The molecule has 2 atom stereocenters.